The molecule has 2 aliphatic rings. The smallest absolute Gasteiger partial charge is 0.127 e. The Balaban J connectivity index is 1.46. The van der Waals surface area contributed by atoms with Crippen LogP contribution in [0.5, 0.6) is 23.0 Å². The maximum absolute atomic E-state index is 12.2. The van der Waals surface area contributed by atoms with Crippen molar-refractivity contribution in [3.63, 3.8) is 0 Å². The van der Waals surface area contributed by atoms with Crippen molar-refractivity contribution >= 4 is 0 Å². The fourth-order valence-electron chi connectivity index (χ4n) is 10.8. The summed E-state index contributed by atoms with van der Waals surface area (Å²) < 4.78 is 14.0. The molecule has 0 saturated carbocycles. The average Bonchev–Trinajstić information content (AvgIpc) is 3.17. The van der Waals surface area contributed by atoms with E-state index in [1.807, 2.05) is 13.0 Å². The molecular weight excluding hydrogens is 737 g/mol. The summed E-state index contributed by atoms with van der Waals surface area (Å²) >= 11 is 0. The van der Waals surface area contributed by atoms with E-state index in [0.717, 1.165) is 121 Å². The maximum atomic E-state index is 12.2. The molecule has 2 aliphatic heterocycles. The second-order valence-electron chi connectivity index (χ2n) is 22.4. The van der Waals surface area contributed by atoms with E-state index in [-0.39, 0.29) is 17.1 Å². The van der Waals surface area contributed by atoms with E-state index < -0.39 is 0 Å². The van der Waals surface area contributed by atoms with Gasteiger partial charge in [-0.15, -0.1) is 0 Å². The molecular formula is C56H94O4. The largest absolute Gasteiger partial charge is 0.508 e. The third-order valence-electron chi connectivity index (χ3n) is 15.7. The zero-order valence-electron chi connectivity index (χ0n) is 41.7. The minimum atomic E-state index is -0.218. The van der Waals surface area contributed by atoms with Crippen LogP contribution in [0.1, 0.15) is 236 Å². The summed E-state index contributed by atoms with van der Waals surface area (Å²) in [6.45, 7) is 32.2. The van der Waals surface area contributed by atoms with Crippen molar-refractivity contribution in [2.24, 2.45) is 35.5 Å². The number of hydrogen-bond donors (Lipinski definition) is 2. The molecule has 0 spiro atoms. The van der Waals surface area contributed by atoms with Crippen LogP contribution in [0.2, 0.25) is 0 Å². The molecule has 0 fully saturated rings. The lowest BCUT2D eigenvalue weighted by Crippen LogP contribution is -2.37. The van der Waals surface area contributed by atoms with Gasteiger partial charge in [0.15, 0.2) is 0 Å². The van der Waals surface area contributed by atoms with Gasteiger partial charge in [-0.3, -0.25) is 0 Å². The molecule has 0 bridgehead atoms. The first kappa shape index (κ1) is 50.3. The number of hydrogen-bond acceptors (Lipinski definition) is 4. The molecule has 0 aliphatic carbocycles. The van der Waals surface area contributed by atoms with Gasteiger partial charge in [0.25, 0.3) is 0 Å². The standard InChI is InChI=1S/C56H94O4/c1-37(2)20-15-22-39(5)24-17-25-40(6)26-18-32-56(14)35-31-49-51(52(58)44(10)46(12)54(49)60-56)48(29-28-41(7)23-16-21-38(3)4)42(8)27-19-33-55(13)34-30-47-36-50(57)43(9)45(11)53(47)59-55/h36-42,48,57-58H,15-35H2,1-14H3/t39-,40-,41-,42+,48?,55-,56-/m1/s1. The Kier molecular flexibility index (Phi) is 19.1. The fourth-order valence-corrected chi connectivity index (χ4v) is 10.8. The molecule has 0 aromatic heterocycles. The van der Waals surface area contributed by atoms with E-state index in [2.05, 4.69) is 90.0 Å². The second kappa shape index (κ2) is 22.8. The predicted molar refractivity (Wildman–Crippen MR) is 257 cm³/mol. The first-order chi connectivity index (χ1) is 28.2. The molecule has 2 N–H and O–H groups in total. The Morgan fingerprint density at radius 1 is 0.533 bits per heavy atom. The lowest BCUT2D eigenvalue weighted by atomic mass is 9.73. The Hall–Kier alpha value is -2.36. The lowest BCUT2D eigenvalue weighted by Gasteiger charge is -2.40. The highest BCUT2D eigenvalue weighted by atomic mass is 16.5. The van der Waals surface area contributed by atoms with Gasteiger partial charge < -0.3 is 19.7 Å². The van der Waals surface area contributed by atoms with Gasteiger partial charge >= 0.3 is 0 Å². The molecule has 342 valence electrons. The number of ether oxygens (including phenoxy) is 2. The van der Waals surface area contributed by atoms with E-state index in [0.29, 0.717) is 23.3 Å². The number of aromatic hydroxyl groups is 2. The molecule has 0 saturated heterocycles. The third kappa shape index (κ3) is 14.1. The van der Waals surface area contributed by atoms with Crippen LogP contribution in [0.3, 0.4) is 0 Å². The molecule has 1 unspecified atom stereocenters. The number of benzene rings is 2. The van der Waals surface area contributed by atoms with Crippen molar-refractivity contribution in [1.82, 2.24) is 0 Å². The normalized spacial score (nSPS) is 21.5. The van der Waals surface area contributed by atoms with Gasteiger partial charge in [0.1, 0.15) is 34.2 Å². The number of aryl methyl sites for hydroxylation is 1. The van der Waals surface area contributed by atoms with Crippen LogP contribution >= 0.6 is 0 Å². The van der Waals surface area contributed by atoms with Crippen molar-refractivity contribution in [3.8, 4) is 23.0 Å². The number of fused-ring (bicyclic) bond motifs is 2. The summed E-state index contributed by atoms with van der Waals surface area (Å²) in [7, 11) is 0. The molecule has 60 heavy (non-hydrogen) atoms. The Labute approximate surface area is 370 Å². The lowest BCUT2D eigenvalue weighted by molar-refractivity contribution is 0.0502. The highest BCUT2D eigenvalue weighted by Crippen LogP contribution is 2.51. The summed E-state index contributed by atoms with van der Waals surface area (Å²) in [6, 6.07) is 1.91. The van der Waals surface area contributed by atoms with Gasteiger partial charge in [-0.2, -0.15) is 0 Å². The summed E-state index contributed by atoms with van der Waals surface area (Å²) in [5, 5.41) is 22.6. The van der Waals surface area contributed by atoms with Crippen LogP contribution in [0.15, 0.2) is 6.07 Å². The molecule has 4 rings (SSSR count). The Bertz CT molecular complexity index is 1640. The quantitative estimate of drug-likeness (QED) is 0.105. The zero-order chi connectivity index (χ0) is 44.4. The maximum Gasteiger partial charge on any atom is 0.127 e. The van der Waals surface area contributed by atoms with E-state index in [9.17, 15) is 10.2 Å². The fraction of sp³-hybridized carbons (Fsp3) is 0.786. The van der Waals surface area contributed by atoms with Gasteiger partial charge in [0, 0.05) is 11.1 Å². The van der Waals surface area contributed by atoms with Gasteiger partial charge in [-0.1, -0.05) is 126 Å². The van der Waals surface area contributed by atoms with Crippen molar-refractivity contribution < 1.29 is 19.7 Å². The van der Waals surface area contributed by atoms with Gasteiger partial charge in [-0.05, 0) is 181 Å². The number of phenolic OH excluding ortho intramolecular Hbond substituents is 2. The van der Waals surface area contributed by atoms with Crippen LogP contribution < -0.4 is 9.47 Å². The molecule has 2 aromatic carbocycles. The molecule has 2 aromatic rings. The molecule has 7 atom stereocenters. The van der Waals surface area contributed by atoms with Crippen molar-refractivity contribution in [2.75, 3.05) is 0 Å². The summed E-state index contributed by atoms with van der Waals surface area (Å²) in [4.78, 5) is 0. The highest BCUT2D eigenvalue weighted by Gasteiger charge is 2.38. The van der Waals surface area contributed by atoms with Crippen molar-refractivity contribution in [3.05, 3.63) is 45.0 Å². The van der Waals surface area contributed by atoms with Crippen molar-refractivity contribution in [1.29, 1.82) is 0 Å². The van der Waals surface area contributed by atoms with Gasteiger partial charge in [0.05, 0.1) is 0 Å². The summed E-state index contributed by atoms with van der Waals surface area (Å²) in [6.07, 6.45) is 25.0. The van der Waals surface area contributed by atoms with Crippen LogP contribution in [0.4, 0.5) is 0 Å². The van der Waals surface area contributed by atoms with E-state index >= 15 is 0 Å². The van der Waals surface area contributed by atoms with Crippen LogP contribution in [0.25, 0.3) is 0 Å². The summed E-state index contributed by atoms with van der Waals surface area (Å²) in [5.41, 5.74) is 7.35. The topological polar surface area (TPSA) is 58.9 Å². The molecule has 4 heteroatoms. The van der Waals surface area contributed by atoms with Gasteiger partial charge in [-0.25, -0.2) is 0 Å². The first-order valence-electron chi connectivity index (χ1n) is 25.3. The predicted octanol–water partition coefficient (Wildman–Crippen LogP) is 16.8. The summed E-state index contributed by atoms with van der Waals surface area (Å²) in [5.74, 6) is 7.54. The van der Waals surface area contributed by atoms with Crippen molar-refractivity contribution in [2.45, 2.75) is 249 Å². The molecule has 0 amide bonds. The SMILES string of the molecule is Cc1c(O)cc2c(c1C)O[C@](C)(CCC[C@H](C)C(CC[C@H](C)CCCC(C)C)c1c(O)c(C)c(C)c3c1CC[C@@](C)(CCC[C@H](C)CCC[C@H](C)CCCC(C)C)O3)CC2. The van der Waals surface area contributed by atoms with Crippen LogP contribution in [-0.4, -0.2) is 21.4 Å². The van der Waals surface area contributed by atoms with Crippen LogP contribution in [-0.2, 0) is 12.8 Å². The minimum absolute atomic E-state index is 0.168. The monoisotopic (exact) mass is 831 g/mol. The van der Waals surface area contributed by atoms with E-state index in [4.69, 9.17) is 9.47 Å². The molecule has 0 radical (unpaired) electrons. The van der Waals surface area contributed by atoms with Crippen LogP contribution in [0, 0.1) is 63.2 Å². The number of rotatable bonds is 25. The first-order valence-corrected chi connectivity index (χ1v) is 25.3. The molecule has 4 nitrogen and oxygen atoms in total. The average molecular weight is 831 g/mol. The minimum Gasteiger partial charge on any atom is -0.508 e. The Morgan fingerprint density at radius 2 is 1.00 bits per heavy atom. The second-order valence-corrected chi connectivity index (χ2v) is 22.4. The third-order valence-corrected chi connectivity index (χ3v) is 15.7. The van der Waals surface area contributed by atoms with Gasteiger partial charge in [0.2, 0.25) is 0 Å². The van der Waals surface area contributed by atoms with E-state index in [1.165, 1.54) is 88.2 Å². The number of phenols is 2. The zero-order valence-corrected chi connectivity index (χ0v) is 41.7. The molecule has 2 heterocycles. The Morgan fingerprint density at radius 3 is 1.57 bits per heavy atom. The highest BCUT2D eigenvalue weighted by molar-refractivity contribution is 5.60. The van der Waals surface area contributed by atoms with E-state index in [1.54, 1.807) is 0 Å².